The summed E-state index contributed by atoms with van der Waals surface area (Å²) in [4.78, 5) is 50.3. The first kappa shape index (κ1) is 18.6. The van der Waals surface area contributed by atoms with Crippen LogP contribution in [0.25, 0.3) is 10.8 Å². The van der Waals surface area contributed by atoms with Crippen LogP contribution in [0.15, 0.2) is 35.3 Å². The number of nitrogens with two attached hydrogens (primary N) is 1. The lowest BCUT2D eigenvalue weighted by atomic mass is 10.0. The number of nitrogen functional groups attached to an aromatic ring is 1. The van der Waals surface area contributed by atoms with Crippen molar-refractivity contribution >= 4 is 34.4 Å². The molecule has 3 amide bonds. The van der Waals surface area contributed by atoms with Crippen LogP contribution in [-0.2, 0) is 14.3 Å². The predicted octanol–water partition coefficient (Wildman–Crippen LogP) is 2.21. The van der Waals surface area contributed by atoms with E-state index in [0.29, 0.717) is 21.4 Å². The fourth-order valence-corrected chi connectivity index (χ4v) is 3.03. The van der Waals surface area contributed by atoms with Crippen molar-refractivity contribution in [3.05, 3.63) is 40.8 Å². The van der Waals surface area contributed by atoms with Crippen LogP contribution in [0.2, 0.25) is 0 Å². The van der Waals surface area contributed by atoms with Gasteiger partial charge in [0.2, 0.25) is 5.91 Å². The Kier molecular flexibility index (Phi) is 4.51. The van der Waals surface area contributed by atoms with Gasteiger partial charge in [0.15, 0.2) is 0 Å². The second-order valence-corrected chi connectivity index (χ2v) is 7.51. The highest BCUT2D eigenvalue weighted by Crippen LogP contribution is 2.26. The highest BCUT2D eigenvalue weighted by molar-refractivity contribution is 6.11. The van der Waals surface area contributed by atoms with Crippen LogP contribution < -0.4 is 11.3 Å². The molecule has 142 valence electrons. The SMILES string of the molecule is CC(C)(C)OC(=O)N1C(=O)CCC(n2cc3cc(N)ccc3cc2=O)C1=O. The summed E-state index contributed by atoms with van der Waals surface area (Å²) in [6.07, 6.45) is 0.585. The Morgan fingerprint density at radius 2 is 1.85 bits per heavy atom. The number of carbonyl (C=O) groups is 3. The average Bonchev–Trinajstić information content (AvgIpc) is 2.53. The molecule has 2 N–H and O–H groups in total. The molecule has 1 aromatic heterocycles. The van der Waals surface area contributed by atoms with Gasteiger partial charge in [0.05, 0.1) is 0 Å². The van der Waals surface area contributed by atoms with Crippen LogP contribution in [0.4, 0.5) is 10.5 Å². The van der Waals surface area contributed by atoms with Crippen LogP contribution in [0, 0.1) is 0 Å². The lowest BCUT2D eigenvalue weighted by molar-refractivity contribution is -0.149. The molecule has 3 rings (SSSR count). The minimum atomic E-state index is -1.03. The van der Waals surface area contributed by atoms with Gasteiger partial charge in [0, 0.05) is 29.8 Å². The molecule has 1 unspecified atom stereocenters. The maximum absolute atomic E-state index is 12.8. The molecular formula is C19H21N3O5. The molecule has 1 fully saturated rings. The zero-order chi connectivity index (χ0) is 19.9. The average molecular weight is 371 g/mol. The first-order chi connectivity index (χ1) is 12.6. The second kappa shape index (κ2) is 6.53. The standard InChI is InChI=1S/C19H21N3O5/c1-19(2,3)27-18(26)22-15(23)7-6-14(17(22)25)21-10-12-8-13(20)5-4-11(12)9-16(21)24/h4-5,8-10,14H,6-7,20H2,1-3H3. The third kappa shape index (κ3) is 3.69. The molecule has 0 saturated carbocycles. The Morgan fingerprint density at radius 1 is 1.15 bits per heavy atom. The number of amides is 3. The van der Waals surface area contributed by atoms with Crippen molar-refractivity contribution in [1.29, 1.82) is 0 Å². The summed E-state index contributed by atoms with van der Waals surface area (Å²) < 4.78 is 6.40. The fraction of sp³-hybridized carbons (Fsp3) is 0.368. The van der Waals surface area contributed by atoms with Gasteiger partial charge in [-0.15, -0.1) is 0 Å². The topological polar surface area (TPSA) is 112 Å². The fourth-order valence-electron chi connectivity index (χ4n) is 3.03. The molecule has 1 atom stereocenters. The molecule has 1 aliphatic rings. The molecule has 0 spiro atoms. The van der Waals surface area contributed by atoms with E-state index in [-0.39, 0.29) is 12.8 Å². The van der Waals surface area contributed by atoms with Crippen LogP contribution in [0.5, 0.6) is 0 Å². The molecule has 0 aliphatic carbocycles. The van der Waals surface area contributed by atoms with E-state index in [1.807, 2.05) is 0 Å². The number of pyridine rings is 1. The van der Waals surface area contributed by atoms with Crippen molar-refractivity contribution in [3.63, 3.8) is 0 Å². The van der Waals surface area contributed by atoms with E-state index in [1.54, 1.807) is 39.0 Å². The monoisotopic (exact) mass is 371 g/mol. The summed E-state index contributed by atoms with van der Waals surface area (Å²) >= 11 is 0. The highest BCUT2D eigenvalue weighted by Gasteiger charge is 2.41. The number of imide groups is 3. The Labute approximate surface area is 155 Å². The number of rotatable bonds is 1. The van der Waals surface area contributed by atoms with Crippen molar-refractivity contribution < 1.29 is 19.1 Å². The van der Waals surface area contributed by atoms with E-state index in [0.717, 1.165) is 0 Å². The molecular weight excluding hydrogens is 350 g/mol. The predicted molar refractivity (Wildman–Crippen MR) is 99.0 cm³/mol. The van der Waals surface area contributed by atoms with Gasteiger partial charge in [0.1, 0.15) is 11.6 Å². The molecule has 8 nitrogen and oxygen atoms in total. The Bertz CT molecular complexity index is 1000. The van der Waals surface area contributed by atoms with Crippen molar-refractivity contribution in [2.24, 2.45) is 0 Å². The molecule has 1 saturated heterocycles. The van der Waals surface area contributed by atoms with E-state index in [1.165, 1.54) is 16.8 Å². The largest absolute Gasteiger partial charge is 0.443 e. The Hall–Kier alpha value is -3.16. The number of hydrogen-bond donors (Lipinski definition) is 1. The number of ether oxygens (including phenoxy) is 1. The number of piperidine rings is 1. The summed E-state index contributed by atoms with van der Waals surface area (Å²) in [7, 11) is 0. The summed E-state index contributed by atoms with van der Waals surface area (Å²) in [5, 5.41) is 1.37. The maximum atomic E-state index is 12.8. The van der Waals surface area contributed by atoms with Gasteiger partial charge in [0.25, 0.3) is 11.5 Å². The molecule has 27 heavy (non-hydrogen) atoms. The molecule has 2 heterocycles. The van der Waals surface area contributed by atoms with E-state index in [9.17, 15) is 19.2 Å². The Morgan fingerprint density at radius 3 is 2.52 bits per heavy atom. The summed E-state index contributed by atoms with van der Waals surface area (Å²) in [6.45, 7) is 4.92. The second-order valence-electron chi connectivity index (χ2n) is 7.51. The van der Waals surface area contributed by atoms with Gasteiger partial charge in [-0.05, 0) is 44.7 Å². The molecule has 8 heteroatoms. The van der Waals surface area contributed by atoms with Gasteiger partial charge in [-0.3, -0.25) is 14.4 Å². The normalized spacial score (nSPS) is 18.0. The Balaban J connectivity index is 1.99. The number of hydrogen-bond acceptors (Lipinski definition) is 6. The number of benzene rings is 1. The number of carbonyl (C=O) groups excluding carboxylic acids is 3. The van der Waals surface area contributed by atoms with Crippen LogP contribution in [0.1, 0.15) is 39.7 Å². The molecule has 1 aliphatic heterocycles. The van der Waals surface area contributed by atoms with Gasteiger partial charge < -0.3 is 15.0 Å². The summed E-state index contributed by atoms with van der Waals surface area (Å²) in [6, 6.07) is 5.52. The van der Waals surface area contributed by atoms with Gasteiger partial charge in [-0.2, -0.15) is 4.90 Å². The van der Waals surface area contributed by atoms with Crippen molar-refractivity contribution in [2.45, 2.75) is 45.3 Å². The van der Waals surface area contributed by atoms with Crippen LogP contribution in [0.3, 0.4) is 0 Å². The first-order valence-electron chi connectivity index (χ1n) is 8.58. The number of fused-ring (bicyclic) bond motifs is 1. The summed E-state index contributed by atoms with van der Waals surface area (Å²) in [5.74, 6) is -1.41. The third-order valence-corrected chi connectivity index (χ3v) is 4.22. The zero-order valence-corrected chi connectivity index (χ0v) is 15.4. The minimum Gasteiger partial charge on any atom is -0.443 e. The number of likely N-dealkylation sites (tertiary alicyclic amines) is 1. The molecule has 0 radical (unpaired) electrons. The molecule has 0 bridgehead atoms. The highest BCUT2D eigenvalue weighted by atomic mass is 16.6. The molecule has 1 aromatic carbocycles. The smallest absolute Gasteiger partial charge is 0.424 e. The van der Waals surface area contributed by atoms with Crippen molar-refractivity contribution in [1.82, 2.24) is 9.47 Å². The zero-order valence-electron chi connectivity index (χ0n) is 15.4. The van der Waals surface area contributed by atoms with E-state index in [4.69, 9.17) is 10.5 Å². The first-order valence-corrected chi connectivity index (χ1v) is 8.58. The lowest BCUT2D eigenvalue weighted by Gasteiger charge is -2.31. The van der Waals surface area contributed by atoms with Crippen molar-refractivity contribution in [3.8, 4) is 0 Å². The number of nitrogens with zero attached hydrogens (tertiary/aromatic N) is 2. The summed E-state index contributed by atoms with van der Waals surface area (Å²) in [5.41, 5.74) is 5.05. The van der Waals surface area contributed by atoms with E-state index < -0.39 is 35.1 Å². The third-order valence-electron chi connectivity index (χ3n) is 4.22. The van der Waals surface area contributed by atoms with E-state index >= 15 is 0 Å². The number of anilines is 1. The van der Waals surface area contributed by atoms with Gasteiger partial charge in [-0.1, -0.05) is 6.07 Å². The maximum Gasteiger partial charge on any atom is 0.424 e. The lowest BCUT2D eigenvalue weighted by Crippen LogP contribution is -2.51. The van der Waals surface area contributed by atoms with E-state index in [2.05, 4.69) is 0 Å². The number of aromatic nitrogens is 1. The quantitative estimate of drug-likeness (QED) is 0.608. The van der Waals surface area contributed by atoms with Crippen LogP contribution in [-0.4, -0.2) is 33.0 Å². The van der Waals surface area contributed by atoms with Gasteiger partial charge >= 0.3 is 6.09 Å². The van der Waals surface area contributed by atoms with Crippen LogP contribution >= 0.6 is 0 Å². The van der Waals surface area contributed by atoms with Gasteiger partial charge in [-0.25, -0.2) is 4.79 Å². The van der Waals surface area contributed by atoms with Crippen molar-refractivity contribution in [2.75, 3.05) is 5.73 Å². The minimum absolute atomic E-state index is 0.0446. The molecule has 2 aromatic rings.